The predicted octanol–water partition coefficient (Wildman–Crippen LogP) is 2.94. The maximum Gasteiger partial charge on any atom is 0.433 e. The molecule has 11 heteroatoms. The van der Waals surface area contributed by atoms with Crippen LogP contribution in [0.3, 0.4) is 0 Å². The largest absolute Gasteiger partial charge is 0.433 e. The van der Waals surface area contributed by atoms with Gasteiger partial charge in [-0.05, 0) is 55.2 Å². The third kappa shape index (κ3) is 3.63. The third-order valence-corrected chi connectivity index (χ3v) is 7.06. The zero-order valence-electron chi connectivity index (χ0n) is 17.1. The van der Waals surface area contributed by atoms with Crippen molar-refractivity contribution in [3.63, 3.8) is 0 Å². The van der Waals surface area contributed by atoms with Crippen molar-refractivity contribution in [3.8, 4) is 0 Å². The number of carbonyl (C=O) groups is 2. The lowest BCUT2D eigenvalue weighted by molar-refractivity contribution is -0.142. The van der Waals surface area contributed by atoms with Crippen molar-refractivity contribution in [2.45, 2.75) is 43.8 Å². The smallest absolute Gasteiger partial charge is 0.396 e. The zero-order chi connectivity index (χ0) is 22.8. The zero-order valence-corrected chi connectivity index (χ0v) is 17.9. The van der Waals surface area contributed by atoms with Crippen molar-refractivity contribution in [3.05, 3.63) is 34.1 Å². The minimum absolute atomic E-state index is 0.0428. The first kappa shape index (κ1) is 21.5. The van der Waals surface area contributed by atoms with Gasteiger partial charge in [-0.15, -0.1) is 0 Å². The van der Waals surface area contributed by atoms with Crippen molar-refractivity contribution in [1.82, 2.24) is 19.4 Å². The number of aliphatic hydroxyl groups excluding tert-OH is 1. The van der Waals surface area contributed by atoms with Crippen LogP contribution < -0.4 is 0 Å². The van der Waals surface area contributed by atoms with Crippen LogP contribution in [0.1, 0.15) is 53.3 Å². The van der Waals surface area contributed by atoms with Gasteiger partial charge in [0.25, 0.3) is 5.91 Å². The molecule has 3 heterocycles. The van der Waals surface area contributed by atoms with Gasteiger partial charge in [0, 0.05) is 25.7 Å². The lowest BCUT2D eigenvalue weighted by Crippen LogP contribution is -2.58. The number of nitrogens with zero attached hydrogens (tertiary/aromatic N) is 4. The second-order valence-corrected chi connectivity index (χ2v) is 9.27. The SMILES string of the molecule is O=C(c1nn2c(C(F)(F)F)cc(C3CC3)cc2c1Cl)N1CCN(C2CC(CO)C2)C(=O)C1. The van der Waals surface area contributed by atoms with Crippen molar-refractivity contribution in [2.75, 3.05) is 26.2 Å². The van der Waals surface area contributed by atoms with Crippen molar-refractivity contribution in [1.29, 1.82) is 0 Å². The Hall–Kier alpha value is -2.33. The molecule has 7 nitrogen and oxygen atoms in total. The molecule has 3 aliphatic rings. The number of piperazine rings is 1. The fourth-order valence-electron chi connectivity index (χ4n) is 4.63. The number of carbonyl (C=O) groups excluding carboxylic acids is 2. The van der Waals surface area contributed by atoms with E-state index in [4.69, 9.17) is 16.7 Å². The molecular weight excluding hydrogens is 449 g/mol. The Morgan fingerprint density at radius 1 is 1.22 bits per heavy atom. The van der Waals surface area contributed by atoms with Gasteiger partial charge in [0.2, 0.25) is 5.91 Å². The molecule has 0 radical (unpaired) electrons. The highest BCUT2D eigenvalue weighted by Gasteiger charge is 2.41. The van der Waals surface area contributed by atoms with E-state index in [-0.39, 0.29) is 59.7 Å². The summed E-state index contributed by atoms with van der Waals surface area (Å²) in [5.74, 6) is -0.617. The van der Waals surface area contributed by atoms with Crippen LogP contribution in [-0.2, 0) is 11.0 Å². The maximum atomic E-state index is 13.7. The van der Waals surface area contributed by atoms with Gasteiger partial charge in [-0.1, -0.05) is 11.6 Å². The van der Waals surface area contributed by atoms with Crippen molar-refractivity contribution >= 4 is 28.9 Å². The molecule has 1 N–H and O–H groups in total. The van der Waals surface area contributed by atoms with Crippen molar-refractivity contribution in [2.24, 2.45) is 5.92 Å². The number of pyridine rings is 1. The quantitative estimate of drug-likeness (QED) is 0.745. The van der Waals surface area contributed by atoms with Gasteiger partial charge in [-0.3, -0.25) is 9.59 Å². The fraction of sp³-hybridized carbons (Fsp3) is 0.571. The van der Waals surface area contributed by atoms with Crippen LogP contribution in [0.25, 0.3) is 5.52 Å². The average molecular weight is 471 g/mol. The number of aliphatic hydroxyl groups is 1. The standard InChI is InChI=1S/C21H22ClF3N4O3/c22-18-15-7-13(12-1-2-12)8-16(21(23,24)25)29(15)26-19(18)20(32)27-3-4-28(17(31)9-27)14-5-11(6-14)10-30/h7-8,11-12,14,30H,1-6,9-10H2. The van der Waals surface area contributed by atoms with Crippen LogP contribution in [0.2, 0.25) is 5.02 Å². The molecule has 0 unspecified atom stereocenters. The van der Waals surface area contributed by atoms with E-state index >= 15 is 0 Å². The number of rotatable bonds is 4. The van der Waals surface area contributed by atoms with Crippen LogP contribution >= 0.6 is 11.6 Å². The summed E-state index contributed by atoms with van der Waals surface area (Å²) in [5, 5.41) is 13.0. The minimum atomic E-state index is -4.66. The molecule has 32 heavy (non-hydrogen) atoms. The summed E-state index contributed by atoms with van der Waals surface area (Å²) < 4.78 is 41.7. The second kappa shape index (κ2) is 7.62. The Labute approximate surface area is 186 Å². The summed E-state index contributed by atoms with van der Waals surface area (Å²) in [6, 6.07) is 2.70. The average Bonchev–Trinajstić information content (AvgIpc) is 3.51. The van der Waals surface area contributed by atoms with E-state index in [1.54, 1.807) is 11.0 Å². The van der Waals surface area contributed by atoms with E-state index in [0.717, 1.165) is 31.7 Å². The van der Waals surface area contributed by atoms with E-state index in [0.29, 0.717) is 16.6 Å². The van der Waals surface area contributed by atoms with Gasteiger partial charge < -0.3 is 14.9 Å². The number of hydrogen-bond donors (Lipinski definition) is 1. The summed E-state index contributed by atoms with van der Waals surface area (Å²) in [5.41, 5.74) is -0.671. The number of amides is 2. The summed E-state index contributed by atoms with van der Waals surface area (Å²) in [6.45, 7) is 0.493. The maximum absolute atomic E-state index is 13.7. The van der Waals surface area contributed by atoms with E-state index < -0.39 is 17.8 Å². The Bertz CT molecular complexity index is 1090. The van der Waals surface area contributed by atoms with E-state index in [1.807, 2.05) is 0 Å². The fourth-order valence-corrected chi connectivity index (χ4v) is 4.88. The summed E-state index contributed by atoms with van der Waals surface area (Å²) in [6.07, 6.45) is -1.56. The molecule has 5 rings (SSSR count). The van der Waals surface area contributed by atoms with Gasteiger partial charge >= 0.3 is 6.18 Å². The lowest BCUT2D eigenvalue weighted by atomic mass is 9.79. The molecule has 1 aliphatic heterocycles. The highest BCUT2D eigenvalue weighted by Crippen LogP contribution is 2.43. The Morgan fingerprint density at radius 3 is 2.53 bits per heavy atom. The van der Waals surface area contributed by atoms with Crippen LogP contribution in [0, 0.1) is 5.92 Å². The van der Waals surface area contributed by atoms with E-state index in [2.05, 4.69) is 5.10 Å². The highest BCUT2D eigenvalue weighted by molar-refractivity contribution is 6.36. The molecule has 0 atom stereocenters. The molecule has 2 aliphatic carbocycles. The monoisotopic (exact) mass is 470 g/mol. The number of aromatic nitrogens is 2. The van der Waals surface area contributed by atoms with E-state index in [9.17, 15) is 22.8 Å². The molecule has 1 saturated heterocycles. The summed E-state index contributed by atoms with van der Waals surface area (Å²) >= 11 is 6.35. The van der Waals surface area contributed by atoms with Gasteiger partial charge in [0.15, 0.2) is 5.69 Å². The van der Waals surface area contributed by atoms with Crippen LogP contribution in [-0.4, -0.2) is 68.6 Å². The molecule has 2 aromatic rings. The molecular formula is C21H22ClF3N4O3. The number of alkyl halides is 3. The second-order valence-electron chi connectivity index (χ2n) is 8.89. The number of hydrogen-bond acceptors (Lipinski definition) is 4. The first-order valence-corrected chi connectivity index (χ1v) is 11.0. The van der Waals surface area contributed by atoms with Crippen LogP contribution in [0.5, 0.6) is 0 Å². The number of halogens is 4. The predicted molar refractivity (Wildman–Crippen MR) is 108 cm³/mol. The Balaban J connectivity index is 1.41. The molecule has 0 aromatic carbocycles. The van der Waals surface area contributed by atoms with E-state index in [1.165, 1.54) is 4.90 Å². The topological polar surface area (TPSA) is 78.2 Å². The minimum Gasteiger partial charge on any atom is -0.396 e. The highest BCUT2D eigenvalue weighted by atomic mass is 35.5. The Kier molecular flexibility index (Phi) is 5.12. The summed E-state index contributed by atoms with van der Waals surface area (Å²) in [7, 11) is 0. The molecule has 0 spiro atoms. The normalized spacial score (nSPS) is 24.2. The van der Waals surface area contributed by atoms with Gasteiger partial charge in [0.1, 0.15) is 12.2 Å². The van der Waals surface area contributed by atoms with Gasteiger partial charge in [-0.25, -0.2) is 4.52 Å². The first-order chi connectivity index (χ1) is 15.2. The molecule has 2 saturated carbocycles. The molecule has 3 fully saturated rings. The molecule has 2 aromatic heterocycles. The van der Waals surface area contributed by atoms with Gasteiger partial charge in [0.05, 0.1) is 10.5 Å². The molecule has 2 amide bonds. The third-order valence-electron chi connectivity index (χ3n) is 6.69. The lowest BCUT2D eigenvalue weighted by Gasteiger charge is -2.45. The van der Waals surface area contributed by atoms with Crippen LogP contribution in [0.15, 0.2) is 12.1 Å². The molecule has 172 valence electrons. The van der Waals surface area contributed by atoms with Crippen molar-refractivity contribution < 1.29 is 27.9 Å². The number of fused-ring (bicyclic) bond motifs is 1. The van der Waals surface area contributed by atoms with Crippen LogP contribution in [0.4, 0.5) is 13.2 Å². The molecule has 0 bridgehead atoms. The first-order valence-electron chi connectivity index (χ1n) is 10.7. The summed E-state index contributed by atoms with van der Waals surface area (Å²) in [4.78, 5) is 28.7. The Morgan fingerprint density at radius 2 is 1.94 bits per heavy atom. The van der Waals surface area contributed by atoms with Gasteiger partial charge in [-0.2, -0.15) is 18.3 Å².